The first kappa shape index (κ1) is 30.3. The summed E-state index contributed by atoms with van der Waals surface area (Å²) in [5.41, 5.74) is 2.50. The Morgan fingerprint density at radius 2 is 1.88 bits per heavy atom. The Bertz CT molecular complexity index is 1780. The molecule has 1 saturated carbocycles. The van der Waals surface area contributed by atoms with Crippen molar-refractivity contribution in [1.82, 2.24) is 19.8 Å². The average Bonchev–Trinajstić information content (AvgIpc) is 3.74. The number of nitrogens with one attached hydrogen (secondary N) is 4. The lowest BCUT2D eigenvalue weighted by atomic mass is 10.1. The molecule has 228 valence electrons. The first-order valence-corrected chi connectivity index (χ1v) is 14.9. The number of rotatable bonds is 13. The zero-order chi connectivity index (χ0) is 30.7. The summed E-state index contributed by atoms with van der Waals surface area (Å²) in [7, 11) is -4.00. The van der Waals surface area contributed by atoms with Gasteiger partial charge in [0.2, 0.25) is 0 Å². The number of carbonyl (C=O) groups is 1. The van der Waals surface area contributed by atoms with E-state index in [1.165, 1.54) is 41.2 Å². The number of aromatic nitrogens is 2. The number of hydrogen-bond donors (Lipinski definition) is 5. The Hall–Kier alpha value is -4.18. The molecule has 15 heteroatoms. The van der Waals surface area contributed by atoms with Gasteiger partial charge in [-0.3, -0.25) is 14.4 Å². The van der Waals surface area contributed by atoms with Gasteiger partial charge in [-0.1, -0.05) is 19.1 Å². The Balaban J connectivity index is 1.51. The van der Waals surface area contributed by atoms with Gasteiger partial charge in [0.05, 0.1) is 47.7 Å². The van der Waals surface area contributed by atoms with Crippen molar-refractivity contribution in [3.05, 3.63) is 82.9 Å². The van der Waals surface area contributed by atoms with Crippen molar-refractivity contribution in [3.63, 3.8) is 0 Å². The minimum Gasteiger partial charge on any atom is -0.394 e. The van der Waals surface area contributed by atoms with Crippen LogP contribution >= 0.6 is 0 Å². The van der Waals surface area contributed by atoms with Crippen LogP contribution in [0.25, 0.3) is 11.0 Å². The molecule has 1 heterocycles. The van der Waals surface area contributed by atoms with Gasteiger partial charge in [0.25, 0.3) is 16.1 Å². The van der Waals surface area contributed by atoms with Crippen LogP contribution in [0.3, 0.4) is 0 Å². The van der Waals surface area contributed by atoms with Crippen LogP contribution in [-0.4, -0.2) is 48.7 Å². The molecular weight excluding hydrogens is 589 g/mol. The fraction of sp³-hybridized carbons (Fsp3) is 0.286. The molecule has 0 spiro atoms. The number of anilines is 3. The van der Waals surface area contributed by atoms with E-state index in [2.05, 4.69) is 25.2 Å². The Morgan fingerprint density at radius 1 is 1.09 bits per heavy atom. The third kappa shape index (κ3) is 6.91. The van der Waals surface area contributed by atoms with E-state index >= 15 is 4.39 Å². The molecule has 0 bridgehead atoms. The van der Waals surface area contributed by atoms with E-state index in [4.69, 9.17) is 9.94 Å². The molecule has 1 fully saturated rings. The topological polar surface area (TPSA) is 147 Å². The molecule has 3 aromatic carbocycles. The van der Waals surface area contributed by atoms with Crippen molar-refractivity contribution >= 4 is 44.2 Å². The van der Waals surface area contributed by atoms with Crippen molar-refractivity contribution in [3.8, 4) is 0 Å². The fourth-order valence-electron chi connectivity index (χ4n) is 4.56. The first-order valence-electron chi connectivity index (χ1n) is 13.4. The van der Waals surface area contributed by atoms with Gasteiger partial charge in [-0.25, -0.2) is 23.6 Å². The number of halogens is 3. The molecule has 0 unspecified atom stereocenters. The highest BCUT2D eigenvalue weighted by Gasteiger charge is 2.26. The monoisotopic (exact) mass is 618 g/mol. The highest BCUT2D eigenvalue weighted by atomic mass is 32.2. The van der Waals surface area contributed by atoms with Crippen LogP contribution in [0.2, 0.25) is 0 Å². The van der Waals surface area contributed by atoms with E-state index < -0.39 is 33.6 Å². The van der Waals surface area contributed by atoms with Crippen molar-refractivity contribution < 1.29 is 36.3 Å². The molecule has 1 amide bonds. The second-order valence-electron chi connectivity index (χ2n) is 9.91. The number of aliphatic hydroxyl groups is 1. The SMILES string of the molecule is CCNS(=O)(=O)Nc1cc(Cn2cnc3c(F)c(Nc4ccc(C5CC5)cc4F)c(C(=O)NOCCO)cc32)ccc1F. The highest BCUT2D eigenvalue weighted by molar-refractivity contribution is 7.90. The van der Waals surface area contributed by atoms with E-state index in [-0.39, 0.29) is 60.0 Å². The molecule has 1 aliphatic carbocycles. The fourth-order valence-corrected chi connectivity index (χ4v) is 5.45. The molecule has 0 atom stereocenters. The summed E-state index contributed by atoms with van der Waals surface area (Å²) >= 11 is 0. The van der Waals surface area contributed by atoms with E-state index in [0.717, 1.165) is 24.5 Å². The predicted molar refractivity (Wildman–Crippen MR) is 154 cm³/mol. The Morgan fingerprint density at radius 3 is 2.58 bits per heavy atom. The summed E-state index contributed by atoms with van der Waals surface area (Å²) in [6.07, 6.45) is 3.25. The third-order valence-corrected chi connectivity index (χ3v) is 7.88. The lowest BCUT2D eigenvalue weighted by Gasteiger charge is -2.16. The minimum atomic E-state index is -4.00. The van der Waals surface area contributed by atoms with Crippen LogP contribution in [0.1, 0.15) is 47.2 Å². The maximum absolute atomic E-state index is 16.0. The zero-order valence-corrected chi connectivity index (χ0v) is 23.8. The molecule has 1 aromatic heterocycles. The van der Waals surface area contributed by atoms with Gasteiger partial charge in [-0.15, -0.1) is 0 Å². The van der Waals surface area contributed by atoms with E-state index in [0.29, 0.717) is 11.5 Å². The third-order valence-electron chi connectivity index (χ3n) is 6.72. The summed E-state index contributed by atoms with van der Waals surface area (Å²) in [5.74, 6) is -2.93. The second-order valence-corrected chi connectivity index (χ2v) is 11.4. The lowest BCUT2D eigenvalue weighted by molar-refractivity contribution is 0.0169. The molecule has 0 aliphatic heterocycles. The normalized spacial score (nSPS) is 13.3. The van der Waals surface area contributed by atoms with Crippen LogP contribution < -0.4 is 20.2 Å². The average molecular weight is 619 g/mol. The van der Waals surface area contributed by atoms with Gasteiger partial charge in [-0.2, -0.15) is 13.1 Å². The van der Waals surface area contributed by atoms with E-state index in [9.17, 15) is 22.0 Å². The Labute approximate surface area is 245 Å². The first-order chi connectivity index (χ1) is 20.6. The quantitative estimate of drug-likeness (QED) is 0.112. The predicted octanol–water partition coefficient (Wildman–Crippen LogP) is 4.04. The van der Waals surface area contributed by atoms with Crippen LogP contribution in [-0.2, 0) is 21.6 Å². The number of hydrogen-bond acceptors (Lipinski definition) is 7. The summed E-state index contributed by atoms with van der Waals surface area (Å²) in [5, 5.41) is 11.7. The van der Waals surface area contributed by atoms with Crippen LogP contribution in [0.15, 0.2) is 48.8 Å². The molecule has 4 aromatic rings. The standard InChI is InChI=1S/C28H29F3N6O5S/c1-2-33-43(40,41)36-23-11-16(3-7-20(23)29)14-37-15-32-27-24(37)13-19(28(39)35-42-10-9-38)26(25(27)31)34-22-8-6-18(12-21(22)30)17-4-5-17/h3,6-8,11-13,15,17,33-34,36,38H,2,4-5,9-10,14H2,1H3,(H,35,39). The van der Waals surface area contributed by atoms with Crippen molar-refractivity contribution in [2.24, 2.45) is 0 Å². The van der Waals surface area contributed by atoms with Crippen molar-refractivity contribution in [2.75, 3.05) is 29.8 Å². The minimum absolute atomic E-state index is 0.00173. The van der Waals surface area contributed by atoms with Crippen molar-refractivity contribution in [2.45, 2.75) is 32.2 Å². The molecule has 5 rings (SSSR count). The second kappa shape index (κ2) is 12.6. The van der Waals surface area contributed by atoms with Gasteiger partial charge in [0.1, 0.15) is 17.2 Å². The summed E-state index contributed by atoms with van der Waals surface area (Å²) in [6.45, 7) is 1.07. The van der Waals surface area contributed by atoms with Crippen LogP contribution in [0, 0.1) is 17.5 Å². The lowest BCUT2D eigenvalue weighted by Crippen LogP contribution is -2.30. The molecule has 43 heavy (non-hydrogen) atoms. The van der Waals surface area contributed by atoms with Gasteiger partial charge >= 0.3 is 0 Å². The number of nitrogens with zero attached hydrogens (tertiary/aromatic N) is 2. The van der Waals surface area contributed by atoms with E-state index in [1.54, 1.807) is 13.0 Å². The largest absolute Gasteiger partial charge is 0.394 e. The number of carbonyl (C=O) groups excluding carboxylic acids is 1. The smallest absolute Gasteiger partial charge is 0.299 e. The van der Waals surface area contributed by atoms with Crippen molar-refractivity contribution in [1.29, 1.82) is 0 Å². The van der Waals surface area contributed by atoms with Gasteiger partial charge < -0.3 is 15.0 Å². The molecular formula is C28H29F3N6O5S. The summed E-state index contributed by atoms with van der Waals surface area (Å²) in [6, 6.07) is 9.72. The molecule has 0 radical (unpaired) electrons. The van der Waals surface area contributed by atoms with E-state index in [1.807, 2.05) is 0 Å². The summed E-state index contributed by atoms with van der Waals surface area (Å²) in [4.78, 5) is 22.1. The number of hydroxylamine groups is 1. The molecule has 0 saturated heterocycles. The number of benzene rings is 3. The molecule has 1 aliphatic rings. The van der Waals surface area contributed by atoms with Gasteiger partial charge in [-0.05, 0) is 60.2 Å². The summed E-state index contributed by atoms with van der Waals surface area (Å²) < 4.78 is 75.3. The van der Waals surface area contributed by atoms with Crippen LogP contribution in [0.5, 0.6) is 0 Å². The van der Waals surface area contributed by atoms with Crippen LogP contribution in [0.4, 0.5) is 30.2 Å². The highest BCUT2D eigenvalue weighted by Crippen LogP contribution is 2.41. The number of amides is 1. The van der Waals surface area contributed by atoms with Gasteiger partial charge in [0, 0.05) is 13.1 Å². The molecule has 5 N–H and O–H groups in total. The maximum Gasteiger partial charge on any atom is 0.299 e. The number of aliphatic hydroxyl groups excluding tert-OH is 1. The van der Waals surface area contributed by atoms with Gasteiger partial charge in [0.15, 0.2) is 5.82 Å². The zero-order valence-electron chi connectivity index (χ0n) is 23.0. The maximum atomic E-state index is 16.0. The Kier molecular flexibility index (Phi) is 8.87. The number of fused-ring (bicyclic) bond motifs is 1. The molecule has 11 nitrogen and oxygen atoms in total. The number of imidazole rings is 1.